The molecule has 0 fully saturated rings. The van der Waals surface area contributed by atoms with E-state index in [-0.39, 0.29) is 6.42 Å². The highest BCUT2D eigenvalue weighted by Crippen LogP contribution is 2.46. The molecule has 0 radical (unpaired) electrons. The van der Waals surface area contributed by atoms with E-state index in [1.54, 1.807) is 30.3 Å². The summed E-state index contributed by atoms with van der Waals surface area (Å²) >= 11 is 1.10. The summed E-state index contributed by atoms with van der Waals surface area (Å²) in [5, 5.41) is 12.0. The molecule has 1 aromatic heterocycles. The zero-order chi connectivity index (χ0) is 33.7. The van der Waals surface area contributed by atoms with Gasteiger partial charge in [0.2, 0.25) is 0 Å². The molecule has 0 aliphatic carbocycles. The number of aromatic nitrogens is 2. The van der Waals surface area contributed by atoms with Gasteiger partial charge in [0, 0.05) is 62.7 Å². The molecule has 6 rings (SSSR count). The van der Waals surface area contributed by atoms with Gasteiger partial charge in [0.25, 0.3) is 5.79 Å². The number of fused-ring (bicyclic) bond motifs is 1. The molecule has 0 bridgehead atoms. The van der Waals surface area contributed by atoms with Crippen LogP contribution in [-0.4, -0.2) is 68.5 Å². The van der Waals surface area contributed by atoms with E-state index in [1.807, 2.05) is 92.6 Å². The molecule has 1 aliphatic rings. The molecule has 5 aromatic rings. The molecule has 1 atom stereocenters. The summed E-state index contributed by atoms with van der Waals surface area (Å²) in [6.45, 7) is 0. The van der Waals surface area contributed by atoms with Crippen LogP contribution in [0.25, 0.3) is 16.6 Å². The molecule has 0 saturated heterocycles. The van der Waals surface area contributed by atoms with Crippen molar-refractivity contribution in [2.24, 2.45) is 0 Å². The average molecular weight is 653 g/mol. The number of carbonyl (C=O) groups excluding carboxylic acids is 2. The predicted molar refractivity (Wildman–Crippen MR) is 184 cm³/mol. The van der Waals surface area contributed by atoms with Crippen molar-refractivity contribution in [2.45, 2.75) is 12.2 Å². The molecule has 10 nitrogen and oxygen atoms in total. The van der Waals surface area contributed by atoms with Gasteiger partial charge in [0.05, 0.1) is 31.5 Å². The maximum absolute atomic E-state index is 13.3. The van der Waals surface area contributed by atoms with E-state index in [0.29, 0.717) is 39.3 Å². The predicted octanol–water partition coefficient (Wildman–Crippen LogP) is 5.74. The largest absolute Gasteiger partial charge is 0.493 e. The highest BCUT2D eigenvalue weighted by Gasteiger charge is 2.48. The number of rotatable bonds is 9. The number of aliphatic hydroxyl groups is 1. The van der Waals surface area contributed by atoms with Gasteiger partial charge >= 0.3 is 5.97 Å². The Balaban J connectivity index is 0.000000335. The Hall–Kier alpha value is -5.26. The van der Waals surface area contributed by atoms with Gasteiger partial charge in [-0.05, 0) is 77.9 Å². The summed E-state index contributed by atoms with van der Waals surface area (Å²) in [7, 11) is 10.9. The van der Waals surface area contributed by atoms with Crippen molar-refractivity contribution >= 4 is 52.0 Å². The first-order valence-corrected chi connectivity index (χ1v) is 15.4. The lowest BCUT2D eigenvalue weighted by atomic mass is 9.88. The number of ether oxygens (including phenoxy) is 3. The van der Waals surface area contributed by atoms with E-state index < -0.39 is 11.8 Å². The number of benzene rings is 4. The molecule has 4 aromatic carbocycles. The van der Waals surface area contributed by atoms with Gasteiger partial charge in [-0.25, -0.2) is 4.79 Å². The van der Waals surface area contributed by atoms with Crippen LogP contribution in [0.2, 0.25) is 0 Å². The number of anilines is 2. The summed E-state index contributed by atoms with van der Waals surface area (Å²) in [5.74, 6) is -1.70. The summed E-state index contributed by atoms with van der Waals surface area (Å²) in [5.41, 5.74) is 6.91. The van der Waals surface area contributed by atoms with Crippen LogP contribution >= 0.6 is 11.7 Å². The molecule has 0 saturated carbocycles. The first-order chi connectivity index (χ1) is 22.6. The highest BCUT2D eigenvalue weighted by atomic mass is 32.1. The van der Waals surface area contributed by atoms with Gasteiger partial charge < -0.3 is 29.1 Å². The van der Waals surface area contributed by atoms with Crippen LogP contribution in [0.1, 0.15) is 27.0 Å². The highest BCUT2D eigenvalue weighted by molar-refractivity contribution is 7.00. The number of esters is 1. The molecule has 1 unspecified atom stereocenters. The van der Waals surface area contributed by atoms with Gasteiger partial charge in [-0.15, -0.1) is 0 Å². The molecular weight excluding hydrogens is 616 g/mol. The zero-order valence-corrected chi connectivity index (χ0v) is 27.9. The van der Waals surface area contributed by atoms with Crippen molar-refractivity contribution in [3.8, 4) is 11.5 Å². The molecule has 0 amide bonds. The summed E-state index contributed by atoms with van der Waals surface area (Å²) in [6, 6.07) is 25.8. The maximum atomic E-state index is 13.3. The van der Waals surface area contributed by atoms with E-state index >= 15 is 0 Å². The van der Waals surface area contributed by atoms with Gasteiger partial charge in [-0.1, -0.05) is 18.2 Å². The fourth-order valence-corrected chi connectivity index (χ4v) is 5.74. The number of nitrogens with zero attached hydrogens (tertiary/aromatic N) is 4. The summed E-state index contributed by atoms with van der Waals surface area (Å²) in [4.78, 5) is 27.6. The first kappa shape index (κ1) is 33.1. The standard InChI is InChI=1S/C27H25N3O5S.C9H11NO/c1-30(2)19-9-5-16(6-10-19)13-20-25(17-7-11-21-22(14-17)29-36-28-21)26(31)35-27(20,32)18-8-12-23(33-3)24(15-18)34-4;1-10(2)9-5-3-8(7-11)4-6-9/h5-12,14-15,32H,13H2,1-4H3;3-7H,1-2H3. The van der Waals surface area contributed by atoms with Crippen LogP contribution in [0, 0.1) is 0 Å². The van der Waals surface area contributed by atoms with Crippen LogP contribution in [0.15, 0.2) is 90.5 Å². The van der Waals surface area contributed by atoms with Crippen molar-refractivity contribution < 1.29 is 28.9 Å². The zero-order valence-electron chi connectivity index (χ0n) is 27.1. The van der Waals surface area contributed by atoms with Crippen molar-refractivity contribution in [1.82, 2.24) is 8.75 Å². The van der Waals surface area contributed by atoms with Crippen molar-refractivity contribution in [3.63, 3.8) is 0 Å². The van der Waals surface area contributed by atoms with E-state index in [0.717, 1.165) is 46.0 Å². The normalized spacial score (nSPS) is 15.5. The second kappa shape index (κ2) is 14.0. The lowest BCUT2D eigenvalue weighted by Gasteiger charge is -2.26. The van der Waals surface area contributed by atoms with Crippen LogP contribution in [-0.2, 0) is 21.7 Å². The van der Waals surface area contributed by atoms with Gasteiger partial charge in [0.1, 0.15) is 17.3 Å². The van der Waals surface area contributed by atoms with Crippen LogP contribution < -0.4 is 19.3 Å². The number of carbonyl (C=O) groups is 2. The van der Waals surface area contributed by atoms with Gasteiger partial charge in [-0.3, -0.25) is 4.79 Å². The van der Waals surface area contributed by atoms with Crippen LogP contribution in [0.4, 0.5) is 11.4 Å². The number of hydrogen-bond donors (Lipinski definition) is 1. The van der Waals surface area contributed by atoms with Crippen molar-refractivity contribution in [2.75, 3.05) is 52.2 Å². The summed E-state index contributed by atoms with van der Waals surface area (Å²) < 4.78 is 25.0. The third-order valence-corrected chi connectivity index (χ3v) is 8.41. The monoisotopic (exact) mass is 652 g/mol. The van der Waals surface area contributed by atoms with E-state index in [1.165, 1.54) is 14.2 Å². The lowest BCUT2D eigenvalue weighted by Crippen LogP contribution is -2.29. The second-order valence-electron chi connectivity index (χ2n) is 11.3. The minimum atomic E-state index is -2.00. The minimum Gasteiger partial charge on any atom is -0.493 e. The molecule has 0 spiro atoms. The fraction of sp³-hybridized carbons (Fsp3) is 0.222. The molecule has 47 heavy (non-hydrogen) atoms. The molecule has 2 heterocycles. The van der Waals surface area contributed by atoms with Crippen molar-refractivity contribution in [1.29, 1.82) is 0 Å². The SMILES string of the molecule is CN(C)c1ccc(C=O)cc1.COc1ccc(C2(O)OC(=O)C(c3ccc4nsnc4c3)=C2Cc2ccc(N(C)C)cc2)cc1OC. The molecule has 1 N–H and O–H groups in total. The Morgan fingerprint density at radius 2 is 1.43 bits per heavy atom. The minimum absolute atomic E-state index is 0.285. The van der Waals surface area contributed by atoms with E-state index in [2.05, 4.69) is 8.75 Å². The molecular formula is C36H36N4O6S. The Morgan fingerprint density at radius 1 is 0.809 bits per heavy atom. The average Bonchev–Trinajstić information content (AvgIpc) is 3.66. The lowest BCUT2D eigenvalue weighted by molar-refractivity contribution is -0.185. The third kappa shape index (κ3) is 6.96. The van der Waals surface area contributed by atoms with Gasteiger partial charge in [0.15, 0.2) is 11.5 Å². The number of methoxy groups -OCH3 is 2. The maximum Gasteiger partial charge on any atom is 0.342 e. The number of hydrogen-bond acceptors (Lipinski definition) is 11. The number of cyclic esters (lactones) is 1. The molecule has 1 aliphatic heterocycles. The third-order valence-electron chi connectivity index (χ3n) is 7.85. The fourth-order valence-electron chi connectivity index (χ4n) is 5.22. The summed E-state index contributed by atoms with van der Waals surface area (Å²) in [6.07, 6.45) is 1.13. The Kier molecular flexibility index (Phi) is 9.88. The Morgan fingerprint density at radius 3 is 2.02 bits per heavy atom. The Bertz CT molecular complexity index is 1920. The quantitative estimate of drug-likeness (QED) is 0.156. The first-order valence-electron chi connectivity index (χ1n) is 14.7. The molecule has 242 valence electrons. The van der Waals surface area contributed by atoms with E-state index in [9.17, 15) is 14.7 Å². The van der Waals surface area contributed by atoms with Crippen LogP contribution in [0.3, 0.4) is 0 Å². The molecule has 11 heteroatoms. The smallest absolute Gasteiger partial charge is 0.342 e. The number of aldehydes is 1. The Labute approximate surface area is 277 Å². The topological polar surface area (TPSA) is 114 Å². The van der Waals surface area contributed by atoms with Gasteiger partial charge in [-0.2, -0.15) is 8.75 Å². The van der Waals surface area contributed by atoms with E-state index in [4.69, 9.17) is 14.2 Å². The van der Waals surface area contributed by atoms with Crippen molar-refractivity contribution in [3.05, 3.63) is 113 Å². The van der Waals surface area contributed by atoms with Crippen LogP contribution in [0.5, 0.6) is 11.5 Å². The second-order valence-corrected chi connectivity index (χ2v) is 11.8.